The summed E-state index contributed by atoms with van der Waals surface area (Å²) < 4.78 is 34.2. The number of ether oxygens (including phenoxy) is 1. The van der Waals surface area contributed by atoms with Gasteiger partial charge < -0.3 is 14.5 Å². The van der Waals surface area contributed by atoms with Crippen molar-refractivity contribution >= 4 is 27.4 Å². The van der Waals surface area contributed by atoms with Crippen LogP contribution in [0.2, 0.25) is 0 Å². The number of hydrogen-bond acceptors (Lipinski definition) is 6. The van der Waals surface area contributed by atoms with Crippen LogP contribution in [0.25, 0.3) is 0 Å². The standard InChI is InChI=1S/C17H19NO6S/c1-3-23-17(20)15-9-8-14(24-15)10-25(21,22)11-16(19)18-13-6-4-12(2)5-7-13/h4-9H,3,10-11H2,1-2H3,(H,18,19). The van der Waals surface area contributed by atoms with E-state index in [1.54, 1.807) is 19.1 Å². The zero-order valence-electron chi connectivity index (χ0n) is 13.9. The summed E-state index contributed by atoms with van der Waals surface area (Å²) in [4.78, 5) is 23.4. The molecule has 0 unspecified atom stereocenters. The van der Waals surface area contributed by atoms with E-state index in [1.807, 2.05) is 19.1 Å². The Bertz CT molecular complexity index is 852. The van der Waals surface area contributed by atoms with Gasteiger partial charge >= 0.3 is 5.97 Å². The first-order valence-electron chi connectivity index (χ1n) is 7.62. The highest BCUT2D eigenvalue weighted by atomic mass is 32.2. The molecule has 0 saturated heterocycles. The van der Waals surface area contributed by atoms with Crippen LogP contribution >= 0.6 is 0 Å². The van der Waals surface area contributed by atoms with Gasteiger partial charge in [-0.1, -0.05) is 17.7 Å². The molecule has 0 saturated carbocycles. The van der Waals surface area contributed by atoms with E-state index in [1.165, 1.54) is 12.1 Å². The predicted octanol–water partition coefficient (Wildman–Crippen LogP) is 2.32. The maximum absolute atomic E-state index is 12.1. The quantitative estimate of drug-likeness (QED) is 0.756. The first-order valence-corrected chi connectivity index (χ1v) is 9.44. The molecule has 0 aliphatic carbocycles. The maximum Gasteiger partial charge on any atom is 0.374 e. The lowest BCUT2D eigenvalue weighted by Crippen LogP contribution is -2.23. The molecule has 0 spiro atoms. The molecule has 8 heteroatoms. The van der Waals surface area contributed by atoms with Gasteiger partial charge in [-0.05, 0) is 38.1 Å². The Kier molecular flexibility index (Phi) is 5.97. The summed E-state index contributed by atoms with van der Waals surface area (Å²) in [5.41, 5.74) is 1.55. The minimum atomic E-state index is -3.74. The van der Waals surface area contributed by atoms with E-state index in [0.29, 0.717) is 5.69 Å². The smallest absolute Gasteiger partial charge is 0.374 e. The second-order valence-corrected chi connectivity index (χ2v) is 7.50. The maximum atomic E-state index is 12.1. The molecule has 1 aromatic carbocycles. The van der Waals surface area contributed by atoms with E-state index < -0.39 is 33.2 Å². The number of furan rings is 1. The number of amides is 1. The summed E-state index contributed by atoms with van der Waals surface area (Å²) in [6.45, 7) is 3.75. The number of sulfone groups is 1. The van der Waals surface area contributed by atoms with Crippen molar-refractivity contribution in [3.8, 4) is 0 Å². The minimum Gasteiger partial charge on any atom is -0.460 e. The van der Waals surface area contributed by atoms with Crippen molar-refractivity contribution < 1.29 is 27.2 Å². The van der Waals surface area contributed by atoms with Gasteiger partial charge in [0.1, 0.15) is 17.3 Å². The Morgan fingerprint density at radius 1 is 1.12 bits per heavy atom. The SMILES string of the molecule is CCOC(=O)c1ccc(CS(=O)(=O)CC(=O)Nc2ccc(C)cc2)o1. The molecule has 0 fully saturated rings. The lowest BCUT2D eigenvalue weighted by atomic mass is 10.2. The summed E-state index contributed by atoms with van der Waals surface area (Å²) in [6, 6.07) is 9.72. The van der Waals surface area contributed by atoms with Crippen molar-refractivity contribution in [2.45, 2.75) is 19.6 Å². The molecule has 2 aromatic rings. The Hall–Kier alpha value is -2.61. The molecule has 25 heavy (non-hydrogen) atoms. The van der Waals surface area contributed by atoms with Crippen LogP contribution in [0.4, 0.5) is 5.69 Å². The predicted molar refractivity (Wildman–Crippen MR) is 92.0 cm³/mol. The van der Waals surface area contributed by atoms with E-state index in [0.717, 1.165) is 5.56 Å². The third kappa shape index (κ3) is 5.75. The zero-order chi connectivity index (χ0) is 18.4. The Morgan fingerprint density at radius 2 is 1.80 bits per heavy atom. The van der Waals surface area contributed by atoms with Crippen LogP contribution in [0.5, 0.6) is 0 Å². The number of hydrogen-bond donors (Lipinski definition) is 1. The van der Waals surface area contributed by atoms with Gasteiger partial charge in [0, 0.05) is 5.69 Å². The summed E-state index contributed by atoms with van der Waals surface area (Å²) in [6.07, 6.45) is 0. The molecule has 1 aromatic heterocycles. The molecule has 0 bridgehead atoms. The topological polar surface area (TPSA) is 103 Å². The van der Waals surface area contributed by atoms with Crippen LogP contribution in [0, 0.1) is 6.92 Å². The number of aryl methyl sites for hydroxylation is 1. The summed E-state index contributed by atoms with van der Waals surface area (Å²) in [5, 5.41) is 2.53. The van der Waals surface area contributed by atoms with Crippen molar-refractivity contribution in [3.05, 3.63) is 53.5 Å². The Morgan fingerprint density at radius 3 is 2.44 bits per heavy atom. The highest BCUT2D eigenvalue weighted by Crippen LogP contribution is 2.14. The Balaban J connectivity index is 1.96. The average molecular weight is 365 g/mol. The third-order valence-corrected chi connectivity index (χ3v) is 4.61. The first-order chi connectivity index (χ1) is 11.8. The number of anilines is 1. The number of benzene rings is 1. The average Bonchev–Trinajstić information content (AvgIpc) is 2.97. The summed E-state index contributed by atoms with van der Waals surface area (Å²) >= 11 is 0. The van der Waals surface area contributed by atoms with E-state index in [2.05, 4.69) is 5.32 Å². The van der Waals surface area contributed by atoms with Crippen LogP contribution < -0.4 is 5.32 Å². The molecule has 0 aliphatic rings. The lowest BCUT2D eigenvalue weighted by molar-refractivity contribution is -0.113. The zero-order valence-corrected chi connectivity index (χ0v) is 14.8. The molecular formula is C17H19NO6S. The molecule has 0 aliphatic heterocycles. The van der Waals surface area contributed by atoms with Crippen LogP contribution in [0.3, 0.4) is 0 Å². The van der Waals surface area contributed by atoms with Gasteiger partial charge in [0.25, 0.3) is 0 Å². The fraction of sp³-hybridized carbons (Fsp3) is 0.294. The van der Waals surface area contributed by atoms with Crippen molar-refractivity contribution in [3.63, 3.8) is 0 Å². The Labute approximate surface area is 145 Å². The molecule has 1 N–H and O–H groups in total. The number of nitrogens with one attached hydrogen (secondary N) is 1. The van der Waals surface area contributed by atoms with Crippen molar-refractivity contribution in [2.24, 2.45) is 0 Å². The fourth-order valence-corrected chi connectivity index (χ4v) is 3.23. The van der Waals surface area contributed by atoms with Gasteiger partial charge in [-0.25, -0.2) is 13.2 Å². The second kappa shape index (κ2) is 7.98. The number of carbonyl (C=O) groups excluding carboxylic acids is 2. The summed E-state index contributed by atoms with van der Waals surface area (Å²) in [5.74, 6) is -2.46. The van der Waals surface area contributed by atoms with Crippen LogP contribution in [-0.2, 0) is 25.1 Å². The number of rotatable bonds is 7. The molecule has 0 atom stereocenters. The number of carbonyl (C=O) groups is 2. The fourth-order valence-electron chi connectivity index (χ4n) is 2.07. The van der Waals surface area contributed by atoms with Crippen molar-refractivity contribution in [2.75, 3.05) is 17.7 Å². The largest absolute Gasteiger partial charge is 0.460 e. The number of esters is 1. The van der Waals surface area contributed by atoms with Crippen LogP contribution in [-0.4, -0.2) is 32.7 Å². The van der Waals surface area contributed by atoms with Gasteiger partial charge in [0.15, 0.2) is 9.84 Å². The molecular weight excluding hydrogens is 346 g/mol. The molecule has 134 valence electrons. The van der Waals surface area contributed by atoms with E-state index in [-0.39, 0.29) is 18.1 Å². The molecule has 0 radical (unpaired) electrons. The molecule has 2 rings (SSSR count). The van der Waals surface area contributed by atoms with Gasteiger partial charge in [-0.3, -0.25) is 4.79 Å². The highest BCUT2D eigenvalue weighted by molar-refractivity contribution is 7.91. The normalized spacial score (nSPS) is 11.1. The van der Waals surface area contributed by atoms with Gasteiger partial charge in [-0.15, -0.1) is 0 Å². The van der Waals surface area contributed by atoms with E-state index in [9.17, 15) is 18.0 Å². The lowest BCUT2D eigenvalue weighted by Gasteiger charge is -2.06. The first kappa shape index (κ1) is 18.7. The third-order valence-electron chi connectivity index (χ3n) is 3.19. The van der Waals surface area contributed by atoms with Crippen molar-refractivity contribution in [1.29, 1.82) is 0 Å². The summed E-state index contributed by atoms with van der Waals surface area (Å²) in [7, 11) is -3.74. The van der Waals surface area contributed by atoms with Crippen molar-refractivity contribution in [1.82, 2.24) is 0 Å². The van der Waals surface area contributed by atoms with Gasteiger partial charge in [0.05, 0.1) is 6.61 Å². The minimum absolute atomic E-state index is 0.0730. The van der Waals surface area contributed by atoms with Crippen LogP contribution in [0.15, 0.2) is 40.8 Å². The second-order valence-electron chi connectivity index (χ2n) is 5.43. The highest BCUT2D eigenvalue weighted by Gasteiger charge is 2.21. The van der Waals surface area contributed by atoms with E-state index >= 15 is 0 Å². The monoisotopic (exact) mass is 365 g/mol. The molecule has 1 amide bonds. The van der Waals surface area contributed by atoms with Gasteiger partial charge in [-0.2, -0.15) is 0 Å². The molecule has 1 heterocycles. The molecule has 7 nitrogen and oxygen atoms in total. The van der Waals surface area contributed by atoms with E-state index in [4.69, 9.17) is 9.15 Å². The van der Waals surface area contributed by atoms with Crippen LogP contribution in [0.1, 0.15) is 28.8 Å². The van der Waals surface area contributed by atoms with Gasteiger partial charge in [0.2, 0.25) is 11.7 Å².